The molecule has 0 aliphatic heterocycles. The number of nitrogens with two attached hydrogens (primary N) is 4. The number of aromatic nitrogens is 1. The number of anilines is 3. The minimum absolute atomic E-state index is 0.293. The van der Waals surface area contributed by atoms with Gasteiger partial charge in [0.15, 0.2) is 0 Å². The van der Waals surface area contributed by atoms with Gasteiger partial charge >= 0.3 is 0 Å². The third kappa shape index (κ3) is 5.45. The van der Waals surface area contributed by atoms with E-state index in [4.69, 9.17) is 22.9 Å². The average molecular weight is 433 g/mol. The number of nitrogen functional groups attached to an aromatic ring is 2. The van der Waals surface area contributed by atoms with Gasteiger partial charge in [-0.05, 0) is 47.0 Å². The Bertz CT molecular complexity index is 874. The summed E-state index contributed by atoms with van der Waals surface area (Å²) in [7, 11) is 0. The van der Waals surface area contributed by atoms with E-state index in [1.165, 1.54) is 18.3 Å². The van der Waals surface area contributed by atoms with Crippen LogP contribution in [0.15, 0.2) is 41.0 Å². The molecule has 0 spiro atoms. The lowest BCUT2D eigenvalue weighted by Crippen LogP contribution is -2.12. The molecule has 0 radical (unpaired) electrons. The van der Waals surface area contributed by atoms with Gasteiger partial charge < -0.3 is 28.3 Å². The number of nitrogens with zero attached hydrogens (tertiary/aromatic N) is 1. The summed E-state index contributed by atoms with van der Waals surface area (Å²) in [6.07, 6.45) is 6.72. The monoisotopic (exact) mass is 432 g/mol. The first kappa shape index (κ1) is 20.2. The minimum atomic E-state index is -0.555. The molecule has 0 saturated carbocycles. The molecule has 1 aromatic carbocycles. The number of benzene rings is 1. The van der Waals surface area contributed by atoms with Crippen molar-refractivity contribution in [1.82, 2.24) is 4.98 Å². The Morgan fingerprint density at radius 1 is 1.04 bits per heavy atom. The quantitative estimate of drug-likeness (QED) is 0.315. The van der Waals surface area contributed by atoms with Crippen LogP contribution in [-0.2, 0) is 6.42 Å². The molecule has 2 amide bonds. The van der Waals surface area contributed by atoms with Gasteiger partial charge in [0.25, 0.3) is 0 Å². The van der Waals surface area contributed by atoms with Crippen LogP contribution in [-0.4, -0.2) is 23.3 Å². The van der Waals surface area contributed by atoms with Gasteiger partial charge in [-0.3, -0.25) is 14.6 Å². The fourth-order valence-corrected chi connectivity index (χ4v) is 3.01. The van der Waals surface area contributed by atoms with Gasteiger partial charge in [-0.15, -0.1) is 0 Å². The number of pyridine rings is 1. The van der Waals surface area contributed by atoms with Gasteiger partial charge in [0, 0.05) is 22.8 Å². The maximum Gasteiger partial charge on any atom is 0.250 e. The van der Waals surface area contributed by atoms with E-state index in [0.29, 0.717) is 51.3 Å². The van der Waals surface area contributed by atoms with Gasteiger partial charge in [-0.25, -0.2) is 0 Å². The maximum absolute atomic E-state index is 11.2. The summed E-state index contributed by atoms with van der Waals surface area (Å²) >= 11 is 3.37. The molecule has 2 aromatic rings. The molecule has 0 aliphatic carbocycles. The Labute approximate surface area is 165 Å². The molecule has 0 unspecified atom stereocenters. The fraction of sp³-hybridized carbons (Fsp3) is 0.167. The van der Waals surface area contributed by atoms with Crippen LogP contribution < -0.4 is 28.3 Å². The van der Waals surface area contributed by atoms with Crippen molar-refractivity contribution in [2.45, 2.75) is 12.8 Å². The van der Waals surface area contributed by atoms with Crippen LogP contribution in [0.3, 0.4) is 0 Å². The minimum Gasteiger partial charge on any atom is -0.397 e. The Morgan fingerprint density at radius 3 is 2.30 bits per heavy atom. The van der Waals surface area contributed by atoms with E-state index < -0.39 is 11.8 Å². The number of nitrogens with one attached hydrogen (secondary N) is 1. The predicted molar refractivity (Wildman–Crippen MR) is 110 cm³/mol. The highest BCUT2D eigenvalue weighted by Gasteiger charge is 2.09. The summed E-state index contributed by atoms with van der Waals surface area (Å²) in [5.41, 5.74) is 25.2. The number of carbonyl (C=O) groups excluding carboxylic acids is 2. The van der Waals surface area contributed by atoms with Crippen molar-refractivity contribution in [3.8, 4) is 0 Å². The lowest BCUT2D eigenvalue weighted by molar-refractivity contribution is 0.0991. The summed E-state index contributed by atoms with van der Waals surface area (Å²) in [6, 6.07) is 4.68. The smallest absolute Gasteiger partial charge is 0.250 e. The van der Waals surface area contributed by atoms with E-state index >= 15 is 0 Å². The second-order valence-corrected chi connectivity index (χ2v) is 6.66. The van der Waals surface area contributed by atoms with Gasteiger partial charge in [0.05, 0.1) is 28.3 Å². The molecule has 8 nitrogen and oxygen atoms in total. The zero-order valence-electron chi connectivity index (χ0n) is 14.5. The second-order valence-electron chi connectivity index (χ2n) is 5.80. The fourth-order valence-electron chi connectivity index (χ4n) is 2.39. The molecule has 142 valence electrons. The molecule has 9 N–H and O–H groups in total. The van der Waals surface area contributed by atoms with Crippen LogP contribution in [0.2, 0.25) is 0 Å². The topological polar surface area (TPSA) is 163 Å². The zero-order valence-corrected chi connectivity index (χ0v) is 16.1. The summed E-state index contributed by atoms with van der Waals surface area (Å²) in [6.45, 7) is 0.544. The molecule has 0 bridgehead atoms. The molecule has 9 heteroatoms. The Balaban J connectivity index is 1.87. The van der Waals surface area contributed by atoms with Crippen LogP contribution in [0.5, 0.6) is 0 Å². The Kier molecular flexibility index (Phi) is 6.78. The van der Waals surface area contributed by atoms with E-state index in [9.17, 15) is 9.59 Å². The number of carbonyl (C=O) groups is 2. The summed E-state index contributed by atoms with van der Waals surface area (Å²) in [5.74, 6) is -1.09. The highest BCUT2D eigenvalue weighted by molar-refractivity contribution is 9.10. The van der Waals surface area contributed by atoms with Gasteiger partial charge in [0.1, 0.15) is 0 Å². The van der Waals surface area contributed by atoms with Crippen LogP contribution >= 0.6 is 15.9 Å². The second kappa shape index (κ2) is 9.04. The lowest BCUT2D eigenvalue weighted by atomic mass is 10.1. The first-order valence-electron chi connectivity index (χ1n) is 8.11. The number of hydrogen-bond donors (Lipinski definition) is 5. The zero-order chi connectivity index (χ0) is 20.0. The first-order valence-corrected chi connectivity index (χ1v) is 8.90. The normalized spacial score (nSPS) is 10.9. The SMILES string of the molecule is NC(=O)c1cnc(CC/C=C/CNc2c(N)cc(C(N)=O)cc2Br)c(N)c1. The molecular weight excluding hydrogens is 412 g/mol. The third-order valence-corrected chi connectivity index (χ3v) is 4.43. The molecule has 1 heterocycles. The van der Waals surface area contributed by atoms with E-state index in [1.54, 1.807) is 6.07 Å². The number of allylic oxidation sites excluding steroid dienone is 1. The molecular formula is C18H21BrN6O2. The van der Waals surface area contributed by atoms with Gasteiger partial charge in [0.2, 0.25) is 11.8 Å². The maximum atomic E-state index is 11.2. The van der Waals surface area contributed by atoms with Crippen LogP contribution in [0.1, 0.15) is 32.8 Å². The molecule has 0 saturated heterocycles. The highest BCUT2D eigenvalue weighted by Crippen LogP contribution is 2.30. The van der Waals surface area contributed by atoms with E-state index in [2.05, 4.69) is 26.2 Å². The molecule has 1 aromatic heterocycles. The Morgan fingerprint density at radius 2 is 1.70 bits per heavy atom. The molecule has 0 atom stereocenters. The summed E-state index contributed by atoms with van der Waals surface area (Å²) in [5, 5.41) is 3.17. The largest absolute Gasteiger partial charge is 0.397 e. The van der Waals surface area contributed by atoms with Gasteiger partial charge in [-0.2, -0.15) is 0 Å². The number of aryl methyl sites for hydroxylation is 1. The number of amides is 2. The standard InChI is InChI=1S/C18H21BrN6O2/c19-12-6-10(17(22)26)7-14(21)16(12)24-5-3-1-2-4-15-13(20)8-11(9-25-15)18(23)27/h1,3,6-9,24H,2,4-5,20-21H2,(H2,22,26)(H2,23,27)/b3-1+. The number of rotatable bonds is 8. The van der Waals surface area contributed by atoms with Crippen molar-refractivity contribution in [2.75, 3.05) is 23.3 Å². The molecule has 27 heavy (non-hydrogen) atoms. The highest BCUT2D eigenvalue weighted by atomic mass is 79.9. The van der Waals surface area contributed by atoms with Crippen LogP contribution in [0, 0.1) is 0 Å². The van der Waals surface area contributed by atoms with Crippen molar-refractivity contribution >= 4 is 44.8 Å². The van der Waals surface area contributed by atoms with Crippen molar-refractivity contribution in [1.29, 1.82) is 0 Å². The Hall–Kier alpha value is -3.07. The predicted octanol–water partition coefficient (Wildman–Crippen LogP) is 1.81. The molecule has 2 rings (SSSR count). The first-order chi connectivity index (χ1) is 12.8. The van der Waals surface area contributed by atoms with E-state index in [-0.39, 0.29) is 0 Å². The summed E-state index contributed by atoms with van der Waals surface area (Å²) < 4.78 is 0.663. The number of halogens is 1. The van der Waals surface area contributed by atoms with E-state index in [0.717, 1.165) is 6.42 Å². The van der Waals surface area contributed by atoms with Crippen molar-refractivity contribution in [2.24, 2.45) is 11.5 Å². The number of hydrogen-bond acceptors (Lipinski definition) is 6. The van der Waals surface area contributed by atoms with Crippen LogP contribution in [0.25, 0.3) is 0 Å². The van der Waals surface area contributed by atoms with Gasteiger partial charge in [-0.1, -0.05) is 12.2 Å². The molecule has 0 aliphatic rings. The summed E-state index contributed by atoms with van der Waals surface area (Å²) in [4.78, 5) is 26.5. The number of primary amides is 2. The van der Waals surface area contributed by atoms with Crippen molar-refractivity contribution in [3.05, 3.63) is 57.8 Å². The van der Waals surface area contributed by atoms with Crippen LogP contribution in [0.4, 0.5) is 17.1 Å². The molecule has 0 fully saturated rings. The van der Waals surface area contributed by atoms with Crippen molar-refractivity contribution in [3.63, 3.8) is 0 Å². The van der Waals surface area contributed by atoms with Crippen molar-refractivity contribution < 1.29 is 9.59 Å². The lowest BCUT2D eigenvalue weighted by Gasteiger charge is -2.11. The third-order valence-electron chi connectivity index (χ3n) is 3.80. The average Bonchev–Trinajstić information content (AvgIpc) is 2.60. The van der Waals surface area contributed by atoms with E-state index in [1.807, 2.05) is 12.2 Å².